The molecule has 156 valence electrons. The van der Waals surface area contributed by atoms with Gasteiger partial charge in [-0.3, -0.25) is 19.2 Å². The van der Waals surface area contributed by atoms with E-state index >= 15 is 0 Å². The van der Waals surface area contributed by atoms with Crippen LogP contribution in [0.1, 0.15) is 40.5 Å². The van der Waals surface area contributed by atoms with E-state index in [1.54, 1.807) is 6.92 Å². The molecule has 0 saturated carbocycles. The maximum absolute atomic E-state index is 12.7. The van der Waals surface area contributed by atoms with Crippen LogP contribution in [0.25, 0.3) is 0 Å². The Balaban J connectivity index is 5.25. The number of amides is 3. The molecule has 10 nitrogen and oxygen atoms in total. The van der Waals surface area contributed by atoms with Gasteiger partial charge in [0.15, 0.2) is 0 Å². The number of carboxylic acids is 1. The van der Waals surface area contributed by atoms with Crippen molar-refractivity contribution in [1.29, 1.82) is 0 Å². The van der Waals surface area contributed by atoms with Crippen LogP contribution in [-0.2, 0) is 19.2 Å². The van der Waals surface area contributed by atoms with Gasteiger partial charge in [-0.1, -0.05) is 34.1 Å². The zero-order valence-electron chi connectivity index (χ0n) is 16.3. The Morgan fingerprint density at radius 2 is 1.59 bits per heavy atom. The molecule has 0 rings (SSSR count). The van der Waals surface area contributed by atoms with Crippen LogP contribution in [-0.4, -0.2) is 65.2 Å². The van der Waals surface area contributed by atoms with E-state index < -0.39 is 55.0 Å². The summed E-state index contributed by atoms with van der Waals surface area (Å²) in [6.07, 6.45) is 0.876. The fraction of sp³-hybridized carbons (Fsp3) is 0.765. The molecule has 0 radical (unpaired) electrons. The second-order valence-electron chi connectivity index (χ2n) is 6.96. The van der Waals surface area contributed by atoms with Crippen molar-refractivity contribution in [2.75, 3.05) is 13.2 Å². The Morgan fingerprint density at radius 3 is 2.04 bits per heavy atom. The summed E-state index contributed by atoms with van der Waals surface area (Å²) in [5.74, 6) is -3.24. The summed E-state index contributed by atoms with van der Waals surface area (Å²) in [6.45, 7) is 6.20. The average molecular weight is 388 g/mol. The highest BCUT2D eigenvalue weighted by Gasteiger charge is 2.31. The van der Waals surface area contributed by atoms with Gasteiger partial charge in [0, 0.05) is 0 Å². The van der Waals surface area contributed by atoms with Crippen LogP contribution in [0.3, 0.4) is 0 Å². The fourth-order valence-electron chi connectivity index (χ4n) is 2.30. The Morgan fingerprint density at radius 1 is 1.00 bits per heavy atom. The third kappa shape index (κ3) is 9.34. The molecule has 0 aromatic heterocycles. The Labute approximate surface area is 159 Å². The van der Waals surface area contributed by atoms with E-state index in [1.807, 2.05) is 20.8 Å². The second-order valence-corrected chi connectivity index (χ2v) is 6.96. The lowest BCUT2D eigenvalue weighted by atomic mass is 9.96. The second kappa shape index (κ2) is 12.2. The van der Waals surface area contributed by atoms with Gasteiger partial charge >= 0.3 is 5.97 Å². The first-order valence-electron chi connectivity index (χ1n) is 9.00. The quantitative estimate of drug-likeness (QED) is 0.238. The average Bonchev–Trinajstić information content (AvgIpc) is 2.61. The van der Waals surface area contributed by atoms with Crippen molar-refractivity contribution >= 4 is 23.7 Å². The summed E-state index contributed by atoms with van der Waals surface area (Å²) in [5.41, 5.74) is 5.48. The summed E-state index contributed by atoms with van der Waals surface area (Å²) in [7, 11) is 0. The van der Waals surface area contributed by atoms with Gasteiger partial charge in [0.2, 0.25) is 17.7 Å². The van der Waals surface area contributed by atoms with E-state index in [9.17, 15) is 19.2 Å². The molecule has 0 aromatic rings. The van der Waals surface area contributed by atoms with Gasteiger partial charge in [-0.15, -0.1) is 0 Å². The number of aliphatic hydroxyl groups is 1. The first kappa shape index (κ1) is 24.8. The Hall–Kier alpha value is -2.20. The van der Waals surface area contributed by atoms with Crippen LogP contribution in [0.4, 0.5) is 0 Å². The van der Waals surface area contributed by atoms with Crippen molar-refractivity contribution < 1.29 is 29.4 Å². The van der Waals surface area contributed by atoms with Crippen LogP contribution in [0.5, 0.6) is 0 Å². The van der Waals surface area contributed by atoms with E-state index in [0.717, 1.165) is 0 Å². The van der Waals surface area contributed by atoms with Gasteiger partial charge < -0.3 is 31.9 Å². The molecule has 4 atom stereocenters. The molecule has 7 N–H and O–H groups in total. The summed E-state index contributed by atoms with van der Waals surface area (Å²) >= 11 is 0. The van der Waals surface area contributed by atoms with Crippen LogP contribution < -0.4 is 21.7 Å². The largest absolute Gasteiger partial charge is 0.480 e. The molecule has 4 unspecified atom stereocenters. The summed E-state index contributed by atoms with van der Waals surface area (Å²) in [4.78, 5) is 47.5. The third-order valence-corrected chi connectivity index (χ3v) is 4.08. The SMILES string of the molecule is CCC(C)C(NC(=O)C(N)CO)C(=O)NC(CC(C)C)C(=O)NCC(=O)O. The van der Waals surface area contributed by atoms with E-state index in [0.29, 0.717) is 12.8 Å². The van der Waals surface area contributed by atoms with Crippen molar-refractivity contribution in [1.82, 2.24) is 16.0 Å². The molecule has 0 heterocycles. The van der Waals surface area contributed by atoms with Crippen LogP contribution in [0.2, 0.25) is 0 Å². The summed E-state index contributed by atoms with van der Waals surface area (Å²) < 4.78 is 0. The number of nitrogens with two attached hydrogens (primary N) is 1. The number of carbonyl (C=O) groups is 4. The van der Waals surface area contributed by atoms with Gasteiger partial charge in [-0.2, -0.15) is 0 Å². The minimum atomic E-state index is -1.19. The Kier molecular flexibility index (Phi) is 11.2. The van der Waals surface area contributed by atoms with Crippen molar-refractivity contribution in [2.24, 2.45) is 17.6 Å². The van der Waals surface area contributed by atoms with Gasteiger partial charge in [0.25, 0.3) is 0 Å². The van der Waals surface area contributed by atoms with Crippen LogP contribution >= 0.6 is 0 Å². The molecule has 0 aliphatic rings. The molecular formula is C17H32N4O6. The number of nitrogens with one attached hydrogen (secondary N) is 3. The standard InChI is InChI=1S/C17H32N4O6/c1-5-10(4)14(21-15(25)11(18)8-22)17(27)20-12(6-9(2)3)16(26)19-7-13(23)24/h9-12,14,22H,5-8,18H2,1-4H3,(H,19,26)(H,20,27)(H,21,25)(H,23,24). The third-order valence-electron chi connectivity index (χ3n) is 4.08. The number of hydrogen-bond acceptors (Lipinski definition) is 6. The molecule has 0 aromatic carbocycles. The highest BCUT2D eigenvalue weighted by atomic mass is 16.4. The molecule has 0 fully saturated rings. The lowest BCUT2D eigenvalue weighted by Crippen LogP contribution is -2.58. The van der Waals surface area contributed by atoms with E-state index in [-0.39, 0.29) is 11.8 Å². The van der Waals surface area contributed by atoms with Gasteiger partial charge in [0.1, 0.15) is 24.7 Å². The summed E-state index contributed by atoms with van der Waals surface area (Å²) in [5, 5.41) is 25.0. The van der Waals surface area contributed by atoms with E-state index in [1.165, 1.54) is 0 Å². The molecule has 0 spiro atoms. The maximum atomic E-state index is 12.7. The van der Waals surface area contributed by atoms with Gasteiger partial charge in [-0.05, 0) is 18.3 Å². The molecule has 0 bridgehead atoms. The number of aliphatic hydroxyl groups excluding tert-OH is 1. The number of carbonyl (C=O) groups excluding carboxylic acids is 3. The summed E-state index contributed by atoms with van der Waals surface area (Å²) in [6, 6.07) is -3.04. The lowest BCUT2D eigenvalue weighted by Gasteiger charge is -2.27. The molecule has 0 saturated heterocycles. The van der Waals surface area contributed by atoms with Crippen molar-refractivity contribution in [3.05, 3.63) is 0 Å². The highest BCUT2D eigenvalue weighted by Crippen LogP contribution is 2.11. The number of carboxylic acid groups (broad SMARTS) is 1. The van der Waals surface area contributed by atoms with Gasteiger partial charge in [0.05, 0.1) is 6.61 Å². The lowest BCUT2D eigenvalue weighted by molar-refractivity contribution is -0.138. The zero-order chi connectivity index (χ0) is 21.1. The van der Waals surface area contributed by atoms with E-state index in [4.69, 9.17) is 15.9 Å². The predicted octanol–water partition coefficient (Wildman–Crippen LogP) is -1.43. The van der Waals surface area contributed by atoms with Crippen molar-refractivity contribution in [3.8, 4) is 0 Å². The molecular weight excluding hydrogens is 356 g/mol. The predicted molar refractivity (Wildman–Crippen MR) is 98.5 cm³/mol. The number of hydrogen-bond donors (Lipinski definition) is 6. The molecule has 27 heavy (non-hydrogen) atoms. The smallest absolute Gasteiger partial charge is 0.322 e. The normalized spacial score (nSPS) is 15.4. The maximum Gasteiger partial charge on any atom is 0.322 e. The monoisotopic (exact) mass is 388 g/mol. The molecule has 10 heteroatoms. The first-order chi connectivity index (χ1) is 12.5. The zero-order valence-corrected chi connectivity index (χ0v) is 16.3. The molecule has 3 amide bonds. The first-order valence-corrected chi connectivity index (χ1v) is 9.00. The molecule has 0 aliphatic heterocycles. The number of aliphatic carboxylic acids is 1. The van der Waals surface area contributed by atoms with Gasteiger partial charge in [-0.25, -0.2) is 0 Å². The topological polar surface area (TPSA) is 171 Å². The number of rotatable bonds is 12. The minimum absolute atomic E-state index is 0.0605. The van der Waals surface area contributed by atoms with Crippen molar-refractivity contribution in [2.45, 2.75) is 58.7 Å². The van der Waals surface area contributed by atoms with Crippen molar-refractivity contribution in [3.63, 3.8) is 0 Å². The minimum Gasteiger partial charge on any atom is -0.480 e. The van der Waals surface area contributed by atoms with Crippen LogP contribution in [0, 0.1) is 11.8 Å². The fourth-order valence-corrected chi connectivity index (χ4v) is 2.30. The van der Waals surface area contributed by atoms with E-state index in [2.05, 4.69) is 16.0 Å². The Bertz CT molecular complexity index is 526. The highest BCUT2D eigenvalue weighted by molar-refractivity contribution is 5.93. The molecule has 0 aliphatic carbocycles. The van der Waals surface area contributed by atoms with Crippen LogP contribution in [0.15, 0.2) is 0 Å².